The number of allylic oxidation sites excluding steroid dienone is 2. The third kappa shape index (κ3) is 1.75. The summed E-state index contributed by atoms with van der Waals surface area (Å²) >= 11 is 0. The van der Waals surface area contributed by atoms with Gasteiger partial charge in [-0.25, -0.2) is 0 Å². The molecule has 1 heteroatoms. The van der Waals surface area contributed by atoms with Gasteiger partial charge in [0.1, 0.15) is 0 Å². The number of hydrogen-bond acceptors (Lipinski definition) is 1. The third-order valence-corrected chi connectivity index (χ3v) is 6.58. The van der Waals surface area contributed by atoms with Crippen LogP contribution in [0.4, 0.5) is 0 Å². The molecule has 0 radical (unpaired) electrons. The molecule has 108 valence electrons. The summed E-state index contributed by atoms with van der Waals surface area (Å²) in [5, 5.41) is 9.44. The summed E-state index contributed by atoms with van der Waals surface area (Å²) in [6.45, 7) is 4.55. The zero-order valence-corrected chi connectivity index (χ0v) is 13.0. The van der Waals surface area contributed by atoms with Crippen LogP contribution in [-0.4, -0.2) is 0 Å². The summed E-state index contributed by atoms with van der Waals surface area (Å²) < 4.78 is 0. The minimum atomic E-state index is 0.165. The van der Waals surface area contributed by atoms with Crippen molar-refractivity contribution in [1.82, 2.24) is 0 Å². The lowest BCUT2D eigenvalue weighted by Crippen LogP contribution is -2.41. The van der Waals surface area contributed by atoms with Crippen molar-refractivity contribution in [1.29, 1.82) is 5.26 Å². The lowest BCUT2D eigenvalue weighted by atomic mass is 9.54. The number of hydrogen-bond donors (Lipinski definition) is 0. The Hall–Kier alpha value is -1.55. The molecule has 0 N–H and O–H groups in total. The summed E-state index contributed by atoms with van der Waals surface area (Å²) in [4.78, 5) is 0. The molecule has 1 saturated carbocycles. The van der Waals surface area contributed by atoms with Crippen molar-refractivity contribution in [3.63, 3.8) is 0 Å². The molecule has 1 aromatic carbocycles. The van der Waals surface area contributed by atoms with E-state index in [1.54, 1.807) is 11.1 Å². The second-order valence-electron chi connectivity index (χ2n) is 7.54. The summed E-state index contributed by atoms with van der Waals surface area (Å²) in [5.41, 5.74) is 5.83. The van der Waals surface area contributed by atoms with Gasteiger partial charge in [-0.1, -0.05) is 36.8 Å². The standard InChI is InChI=1S/C20H23N/c1-13-3-6-16-14(11-13)4-7-18-17(16)9-10-20(2)15(12-21)5-8-19(18)20/h3,5-6,11,17-19H,4,7-10H2,1-2H3. The largest absolute Gasteiger partial charge is 0.193 e. The first-order chi connectivity index (χ1) is 10.1. The van der Waals surface area contributed by atoms with E-state index in [-0.39, 0.29) is 5.41 Å². The summed E-state index contributed by atoms with van der Waals surface area (Å²) in [6, 6.07) is 9.55. The van der Waals surface area contributed by atoms with Gasteiger partial charge in [-0.3, -0.25) is 0 Å². The van der Waals surface area contributed by atoms with Gasteiger partial charge in [-0.15, -0.1) is 0 Å². The molecule has 1 fully saturated rings. The molecular weight excluding hydrogens is 254 g/mol. The van der Waals surface area contributed by atoms with E-state index in [1.165, 1.54) is 31.2 Å². The van der Waals surface area contributed by atoms with E-state index in [0.717, 1.165) is 23.8 Å². The molecular formula is C20H23N. The van der Waals surface area contributed by atoms with Crippen LogP contribution in [0, 0.1) is 35.5 Å². The minimum Gasteiger partial charge on any atom is -0.193 e. The smallest absolute Gasteiger partial charge is 0.0949 e. The number of fused-ring (bicyclic) bond motifs is 5. The number of aryl methyl sites for hydroxylation is 2. The van der Waals surface area contributed by atoms with E-state index in [2.05, 4.69) is 44.2 Å². The van der Waals surface area contributed by atoms with E-state index < -0.39 is 0 Å². The molecule has 1 nitrogen and oxygen atoms in total. The molecule has 1 aromatic rings. The van der Waals surface area contributed by atoms with Crippen LogP contribution in [0.2, 0.25) is 0 Å². The van der Waals surface area contributed by atoms with Gasteiger partial charge in [-0.05, 0) is 67.9 Å². The first-order valence-electron chi connectivity index (χ1n) is 8.33. The monoisotopic (exact) mass is 277 g/mol. The summed E-state index contributed by atoms with van der Waals surface area (Å²) in [6.07, 6.45) is 8.35. The molecule has 0 saturated heterocycles. The highest BCUT2D eigenvalue weighted by Crippen LogP contribution is 2.60. The SMILES string of the molecule is Cc1ccc2c(c1)CCC1C2CCC2(C)C(C#N)=CCC12. The summed E-state index contributed by atoms with van der Waals surface area (Å²) in [5.74, 6) is 2.21. The van der Waals surface area contributed by atoms with E-state index in [4.69, 9.17) is 0 Å². The van der Waals surface area contributed by atoms with Crippen LogP contribution in [0.5, 0.6) is 0 Å². The fourth-order valence-electron chi connectivity index (χ4n) is 5.45. The van der Waals surface area contributed by atoms with Gasteiger partial charge in [-0.2, -0.15) is 5.26 Å². The Morgan fingerprint density at radius 1 is 1.29 bits per heavy atom. The van der Waals surface area contributed by atoms with E-state index >= 15 is 0 Å². The minimum absolute atomic E-state index is 0.165. The normalized spacial score (nSPS) is 37.0. The Kier molecular flexibility index (Phi) is 2.80. The molecule has 0 spiro atoms. The first kappa shape index (κ1) is 13.1. The topological polar surface area (TPSA) is 23.8 Å². The second kappa shape index (κ2) is 4.47. The maximum absolute atomic E-state index is 9.44. The van der Waals surface area contributed by atoms with Crippen LogP contribution < -0.4 is 0 Å². The highest BCUT2D eigenvalue weighted by atomic mass is 14.6. The number of nitriles is 1. The van der Waals surface area contributed by atoms with Gasteiger partial charge < -0.3 is 0 Å². The molecule has 0 heterocycles. The molecule has 0 amide bonds. The molecule has 4 atom stereocenters. The molecule has 0 aromatic heterocycles. The van der Waals surface area contributed by atoms with Crippen molar-refractivity contribution in [2.75, 3.05) is 0 Å². The van der Waals surface area contributed by atoms with E-state index in [9.17, 15) is 5.26 Å². The van der Waals surface area contributed by atoms with Gasteiger partial charge >= 0.3 is 0 Å². The average Bonchev–Trinajstić information content (AvgIpc) is 2.83. The Morgan fingerprint density at radius 3 is 2.95 bits per heavy atom. The molecule has 3 aliphatic carbocycles. The number of benzene rings is 1. The van der Waals surface area contributed by atoms with Crippen LogP contribution in [-0.2, 0) is 6.42 Å². The van der Waals surface area contributed by atoms with Gasteiger partial charge in [0.2, 0.25) is 0 Å². The average molecular weight is 277 g/mol. The van der Waals surface area contributed by atoms with Crippen molar-refractivity contribution in [3.8, 4) is 6.07 Å². The van der Waals surface area contributed by atoms with Gasteiger partial charge in [0.05, 0.1) is 6.07 Å². The van der Waals surface area contributed by atoms with Gasteiger partial charge in [0.15, 0.2) is 0 Å². The fraction of sp³-hybridized carbons (Fsp3) is 0.550. The maximum atomic E-state index is 9.44. The van der Waals surface area contributed by atoms with Crippen molar-refractivity contribution < 1.29 is 0 Å². The lowest BCUT2D eigenvalue weighted by Gasteiger charge is -2.49. The van der Waals surface area contributed by atoms with E-state index in [0.29, 0.717) is 5.92 Å². The van der Waals surface area contributed by atoms with Gasteiger partial charge in [0.25, 0.3) is 0 Å². The molecule has 0 aliphatic heterocycles. The molecule has 0 bridgehead atoms. The Morgan fingerprint density at radius 2 is 2.14 bits per heavy atom. The maximum Gasteiger partial charge on any atom is 0.0949 e. The molecule has 4 rings (SSSR count). The highest BCUT2D eigenvalue weighted by Gasteiger charge is 2.51. The summed E-state index contributed by atoms with van der Waals surface area (Å²) in [7, 11) is 0. The lowest BCUT2D eigenvalue weighted by molar-refractivity contribution is 0.0780. The number of rotatable bonds is 0. The zero-order chi connectivity index (χ0) is 14.6. The van der Waals surface area contributed by atoms with Crippen LogP contribution in [0.15, 0.2) is 29.8 Å². The zero-order valence-electron chi connectivity index (χ0n) is 13.0. The van der Waals surface area contributed by atoms with Crippen LogP contribution in [0.1, 0.15) is 55.2 Å². The van der Waals surface area contributed by atoms with E-state index in [1.807, 2.05) is 0 Å². The molecule has 4 unspecified atom stereocenters. The predicted molar refractivity (Wildman–Crippen MR) is 84.9 cm³/mol. The van der Waals surface area contributed by atoms with Crippen LogP contribution in [0.3, 0.4) is 0 Å². The quantitative estimate of drug-likeness (QED) is 0.661. The molecule has 21 heavy (non-hydrogen) atoms. The Labute approximate surface area is 127 Å². The predicted octanol–water partition coefficient (Wildman–Crippen LogP) is 4.91. The van der Waals surface area contributed by atoms with Crippen molar-refractivity contribution in [2.45, 2.75) is 51.9 Å². The second-order valence-corrected chi connectivity index (χ2v) is 7.54. The fourth-order valence-corrected chi connectivity index (χ4v) is 5.45. The Bertz CT molecular complexity index is 663. The van der Waals surface area contributed by atoms with Crippen molar-refractivity contribution in [3.05, 3.63) is 46.5 Å². The first-order valence-corrected chi connectivity index (χ1v) is 8.33. The number of nitrogens with zero attached hydrogens (tertiary/aromatic N) is 1. The Balaban J connectivity index is 1.71. The van der Waals surface area contributed by atoms with Crippen molar-refractivity contribution >= 4 is 0 Å². The van der Waals surface area contributed by atoms with Gasteiger partial charge in [0, 0.05) is 11.0 Å². The highest BCUT2D eigenvalue weighted by molar-refractivity contribution is 5.41. The third-order valence-electron chi connectivity index (χ3n) is 6.58. The molecule has 3 aliphatic rings. The van der Waals surface area contributed by atoms with Crippen LogP contribution in [0.25, 0.3) is 0 Å². The van der Waals surface area contributed by atoms with Crippen LogP contribution >= 0.6 is 0 Å². The van der Waals surface area contributed by atoms with Crippen molar-refractivity contribution in [2.24, 2.45) is 17.3 Å².